The number of sulfonamides is 1. The third-order valence-corrected chi connectivity index (χ3v) is 6.69. The van der Waals surface area contributed by atoms with Crippen LogP contribution >= 0.6 is 0 Å². The van der Waals surface area contributed by atoms with Crippen molar-refractivity contribution in [3.63, 3.8) is 0 Å². The Balaban J connectivity index is 1.72. The second-order valence-corrected chi connectivity index (χ2v) is 8.05. The molecular weight excluding hydrogens is 330 g/mol. The largest absolute Gasteiger partial charge is 0.497 e. The summed E-state index contributed by atoms with van der Waals surface area (Å²) in [6.45, 7) is 0. The van der Waals surface area contributed by atoms with Gasteiger partial charge in [-0.25, -0.2) is 8.42 Å². The minimum Gasteiger partial charge on any atom is -0.497 e. The molecule has 0 radical (unpaired) electrons. The number of hydrazone groups is 1. The molecule has 1 heterocycles. The third-order valence-electron chi connectivity index (χ3n) is 4.73. The molecule has 3 atom stereocenters. The summed E-state index contributed by atoms with van der Waals surface area (Å²) < 4.78 is 37.6. The first-order valence-electron chi connectivity index (χ1n) is 8.07. The number of rotatable bonds is 5. The van der Waals surface area contributed by atoms with E-state index in [1.807, 2.05) is 6.07 Å². The number of nitrogens with one attached hydrogen (secondary N) is 2. The molecule has 24 heavy (non-hydrogen) atoms. The second-order valence-electron chi connectivity index (χ2n) is 6.12. The van der Waals surface area contributed by atoms with Gasteiger partial charge in [-0.3, -0.25) is 5.43 Å². The van der Waals surface area contributed by atoms with Crippen LogP contribution < -0.4 is 19.6 Å². The van der Waals surface area contributed by atoms with Crippen molar-refractivity contribution in [1.29, 1.82) is 0 Å². The molecule has 2 N–H and O–H groups in total. The van der Waals surface area contributed by atoms with Gasteiger partial charge in [-0.1, -0.05) is 12.8 Å². The molecule has 1 aromatic carbocycles. The van der Waals surface area contributed by atoms with E-state index >= 15 is 0 Å². The summed E-state index contributed by atoms with van der Waals surface area (Å²) in [4.78, 5) is 0. The van der Waals surface area contributed by atoms with Crippen molar-refractivity contribution < 1.29 is 17.9 Å². The zero-order chi connectivity index (χ0) is 17.2. The van der Waals surface area contributed by atoms with Crippen molar-refractivity contribution in [2.45, 2.75) is 37.1 Å². The van der Waals surface area contributed by atoms with Gasteiger partial charge in [0.25, 0.3) is 0 Å². The van der Waals surface area contributed by atoms with Gasteiger partial charge in [-0.05, 0) is 31.0 Å². The lowest BCUT2D eigenvalue weighted by Crippen LogP contribution is -2.40. The van der Waals surface area contributed by atoms with Gasteiger partial charge in [0.1, 0.15) is 17.7 Å². The Hall–Kier alpha value is -1.80. The van der Waals surface area contributed by atoms with E-state index in [1.54, 1.807) is 32.6 Å². The highest BCUT2D eigenvalue weighted by Gasteiger charge is 2.47. The van der Waals surface area contributed by atoms with Gasteiger partial charge in [0, 0.05) is 11.5 Å². The number of hydrogen-bond donors (Lipinski definition) is 2. The van der Waals surface area contributed by atoms with Crippen molar-refractivity contribution in [3.8, 4) is 11.5 Å². The summed E-state index contributed by atoms with van der Waals surface area (Å²) in [5, 5.41) is 3.93. The molecule has 8 heteroatoms. The third kappa shape index (κ3) is 3.34. The maximum Gasteiger partial charge on any atom is 0.216 e. The summed E-state index contributed by atoms with van der Waals surface area (Å²) in [7, 11) is -0.0636. The number of ether oxygens (including phenoxy) is 2. The van der Waals surface area contributed by atoms with Crippen LogP contribution in [-0.2, 0) is 10.0 Å². The fourth-order valence-electron chi connectivity index (χ4n) is 3.49. The van der Waals surface area contributed by atoms with Gasteiger partial charge in [0.05, 0.1) is 25.7 Å². The van der Waals surface area contributed by atoms with Gasteiger partial charge in [-0.2, -0.15) is 9.82 Å². The Morgan fingerprint density at radius 2 is 2.04 bits per heavy atom. The standard InChI is InChI=1S/C16H23N3O4S/c1-22-12-7-8-14(23-2)11(9-12)10-17-18-16-13-5-3-4-6-15(13)24(20,21)19-16/h7-10,13,15-16,18-19H,3-6H2,1-2H3/b17-10+. The Bertz CT molecular complexity index is 720. The lowest BCUT2D eigenvalue weighted by Gasteiger charge is -2.25. The van der Waals surface area contributed by atoms with Crippen LogP contribution in [0, 0.1) is 5.92 Å². The molecule has 7 nitrogen and oxygen atoms in total. The van der Waals surface area contributed by atoms with E-state index in [9.17, 15) is 8.42 Å². The molecule has 3 unspecified atom stereocenters. The van der Waals surface area contributed by atoms with Crippen molar-refractivity contribution in [3.05, 3.63) is 23.8 Å². The monoisotopic (exact) mass is 353 g/mol. The molecule has 0 aromatic heterocycles. The molecule has 1 aliphatic heterocycles. The molecule has 1 aliphatic carbocycles. The molecule has 0 spiro atoms. The van der Waals surface area contributed by atoms with Gasteiger partial charge in [0.15, 0.2) is 0 Å². The Morgan fingerprint density at radius 1 is 1.25 bits per heavy atom. The lowest BCUT2D eigenvalue weighted by atomic mass is 9.87. The average molecular weight is 353 g/mol. The van der Waals surface area contributed by atoms with Crippen molar-refractivity contribution >= 4 is 16.2 Å². The molecule has 0 bridgehead atoms. The summed E-state index contributed by atoms with van der Waals surface area (Å²) >= 11 is 0. The predicted molar refractivity (Wildman–Crippen MR) is 91.9 cm³/mol. The SMILES string of the molecule is COc1ccc(OC)c(/C=N/NC2NS(=O)(=O)C3CCCCC23)c1. The molecular formula is C16H23N3O4S. The molecule has 2 aliphatic rings. The minimum atomic E-state index is -3.25. The van der Waals surface area contributed by atoms with Crippen LogP contribution in [0.4, 0.5) is 0 Å². The summed E-state index contributed by atoms with van der Waals surface area (Å²) in [5.41, 5.74) is 3.71. The summed E-state index contributed by atoms with van der Waals surface area (Å²) in [6, 6.07) is 5.42. The Morgan fingerprint density at radius 3 is 2.79 bits per heavy atom. The van der Waals surface area contributed by atoms with Gasteiger partial charge in [0.2, 0.25) is 10.0 Å². The van der Waals surface area contributed by atoms with Crippen LogP contribution in [0.25, 0.3) is 0 Å². The Kier molecular flexibility index (Phi) is 4.96. The van der Waals surface area contributed by atoms with E-state index < -0.39 is 10.0 Å². The zero-order valence-electron chi connectivity index (χ0n) is 13.9. The minimum absolute atomic E-state index is 0.0631. The first-order chi connectivity index (χ1) is 11.5. The molecule has 1 saturated heterocycles. The Labute approximate surface area is 142 Å². The normalized spacial score (nSPS) is 28.5. The molecule has 2 fully saturated rings. The highest BCUT2D eigenvalue weighted by Crippen LogP contribution is 2.35. The van der Waals surface area contributed by atoms with E-state index in [-0.39, 0.29) is 17.3 Å². The summed E-state index contributed by atoms with van der Waals surface area (Å²) in [6.07, 6.45) is 4.92. The maximum absolute atomic E-state index is 12.2. The number of benzene rings is 1. The number of methoxy groups -OCH3 is 2. The number of nitrogens with zero attached hydrogens (tertiary/aromatic N) is 1. The first kappa shape index (κ1) is 17.0. The van der Waals surface area contributed by atoms with Crippen molar-refractivity contribution in [2.24, 2.45) is 11.0 Å². The topological polar surface area (TPSA) is 89.0 Å². The lowest BCUT2D eigenvalue weighted by molar-refractivity contribution is 0.294. The van der Waals surface area contributed by atoms with Crippen molar-refractivity contribution in [1.82, 2.24) is 10.1 Å². The highest BCUT2D eigenvalue weighted by molar-refractivity contribution is 7.90. The van der Waals surface area contributed by atoms with Crippen LogP contribution in [-0.4, -0.2) is 40.3 Å². The van der Waals surface area contributed by atoms with E-state index in [2.05, 4.69) is 15.2 Å². The highest BCUT2D eigenvalue weighted by atomic mass is 32.2. The molecule has 3 rings (SSSR count). The molecule has 0 amide bonds. The first-order valence-corrected chi connectivity index (χ1v) is 9.61. The zero-order valence-corrected chi connectivity index (χ0v) is 14.7. The van der Waals surface area contributed by atoms with Crippen LogP contribution in [0.3, 0.4) is 0 Å². The predicted octanol–water partition coefficient (Wildman–Crippen LogP) is 1.45. The van der Waals surface area contributed by atoms with E-state index in [0.717, 1.165) is 31.2 Å². The van der Waals surface area contributed by atoms with E-state index in [4.69, 9.17) is 9.47 Å². The molecule has 132 valence electrons. The fraction of sp³-hybridized carbons (Fsp3) is 0.562. The second kappa shape index (κ2) is 6.98. The summed E-state index contributed by atoms with van der Waals surface area (Å²) in [5.74, 6) is 1.43. The maximum atomic E-state index is 12.2. The number of hydrogen-bond acceptors (Lipinski definition) is 6. The van der Waals surface area contributed by atoms with Crippen LogP contribution in [0.1, 0.15) is 31.2 Å². The van der Waals surface area contributed by atoms with E-state index in [0.29, 0.717) is 11.5 Å². The molecule has 1 aromatic rings. The van der Waals surface area contributed by atoms with Gasteiger partial charge >= 0.3 is 0 Å². The average Bonchev–Trinajstić information content (AvgIpc) is 2.86. The fourth-order valence-corrected chi connectivity index (χ4v) is 5.48. The van der Waals surface area contributed by atoms with Crippen LogP contribution in [0.2, 0.25) is 0 Å². The van der Waals surface area contributed by atoms with Gasteiger partial charge in [-0.15, -0.1) is 0 Å². The van der Waals surface area contributed by atoms with Gasteiger partial charge < -0.3 is 9.47 Å². The molecule has 1 saturated carbocycles. The van der Waals surface area contributed by atoms with Crippen molar-refractivity contribution in [2.75, 3.05) is 14.2 Å². The smallest absolute Gasteiger partial charge is 0.216 e. The quantitative estimate of drug-likeness (QED) is 0.618. The van der Waals surface area contributed by atoms with Crippen LogP contribution in [0.15, 0.2) is 23.3 Å². The number of fused-ring (bicyclic) bond motifs is 1. The van der Waals surface area contributed by atoms with E-state index in [1.165, 1.54) is 0 Å². The van der Waals surface area contributed by atoms with Crippen LogP contribution in [0.5, 0.6) is 11.5 Å².